The van der Waals surface area contributed by atoms with Crippen LogP contribution in [0.15, 0.2) is 0 Å². The molecule has 0 spiro atoms. The van der Waals surface area contributed by atoms with Crippen LogP contribution in [0, 0.1) is 5.92 Å². The standard InChI is InChI=1S/C10H17ClN2O2/c1-13(7-8-3-2-4-8)10(15)6-12-9(14)5-11/h8H,2-7H2,1H3,(H,12,14). The molecule has 5 heteroatoms. The Hall–Kier alpha value is -0.770. The van der Waals surface area contributed by atoms with Gasteiger partial charge in [-0.15, -0.1) is 11.6 Å². The van der Waals surface area contributed by atoms with Crippen LogP contribution in [0.25, 0.3) is 0 Å². The van der Waals surface area contributed by atoms with Gasteiger partial charge < -0.3 is 10.2 Å². The van der Waals surface area contributed by atoms with Crippen LogP contribution in [0.2, 0.25) is 0 Å². The number of nitrogens with one attached hydrogen (secondary N) is 1. The Morgan fingerprint density at radius 3 is 2.60 bits per heavy atom. The van der Waals surface area contributed by atoms with Gasteiger partial charge in [-0.3, -0.25) is 9.59 Å². The van der Waals surface area contributed by atoms with E-state index in [1.54, 1.807) is 11.9 Å². The number of rotatable bonds is 5. The SMILES string of the molecule is CN(CC1CCC1)C(=O)CNC(=O)CCl. The van der Waals surface area contributed by atoms with E-state index in [0.717, 1.165) is 6.54 Å². The van der Waals surface area contributed by atoms with Crippen LogP contribution in [0.4, 0.5) is 0 Å². The first kappa shape index (κ1) is 12.3. The number of halogens is 1. The third-order valence-corrected chi connectivity index (χ3v) is 2.98. The third-order valence-electron chi connectivity index (χ3n) is 2.74. The number of carbonyl (C=O) groups excluding carboxylic acids is 2. The van der Waals surface area contributed by atoms with Crippen molar-refractivity contribution < 1.29 is 9.59 Å². The molecular weight excluding hydrogens is 216 g/mol. The van der Waals surface area contributed by atoms with Gasteiger partial charge >= 0.3 is 0 Å². The van der Waals surface area contributed by atoms with E-state index in [-0.39, 0.29) is 24.2 Å². The Kier molecular flexibility index (Phi) is 4.88. The summed E-state index contributed by atoms with van der Waals surface area (Å²) in [6, 6.07) is 0. The van der Waals surface area contributed by atoms with E-state index in [0.29, 0.717) is 5.92 Å². The summed E-state index contributed by atoms with van der Waals surface area (Å²) in [5.41, 5.74) is 0. The van der Waals surface area contributed by atoms with E-state index < -0.39 is 0 Å². The van der Waals surface area contributed by atoms with E-state index >= 15 is 0 Å². The van der Waals surface area contributed by atoms with Crippen LogP contribution in [0.5, 0.6) is 0 Å². The molecular formula is C10H17ClN2O2. The van der Waals surface area contributed by atoms with Crippen molar-refractivity contribution in [1.29, 1.82) is 0 Å². The zero-order valence-corrected chi connectivity index (χ0v) is 9.72. The van der Waals surface area contributed by atoms with Gasteiger partial charge in [0.15, 0.2) is 0 Å². The third kappa shape index (κ3) is 4.08. The van der Waals surface area contributed by atoms with Gasteiger partial charge in [-0.2, -0.15) is 0 Å². The van der Waals surface area contributed by atoms with Gasteiger partial charge in [0.2, 0.25) is 11.8 Å². The van der Waals surface area contributed by atoms with Gasteiger partial charge in [-0.25, -0.2) is 0 Å². The summed E-state index contributed by atoms with van der Waals surface area (Å²) < 4.78 is 0. The molecule has 4 nitrogen and oxygen atoms in total. The molecule has 1 saturated carbocycles. The van der Waals surface area contributed by atoms with Crippen molar-refractivity contribution in [3.05, 3.63) is 0 Å². The van der Waals surface area contributed by atoms with Crippen molar-refractivity contribution in [2.75, 3.05) is 26.0 Å². The predicted octanol–water partition coefficient (Wildman–Crippen LogP) is 0.600. The summed E-state index contributed by atoms with van der Waals surface area (Å²) in [5, 5.41) is 2.46. The lowest BCUT2D eigenvalue weighted by Gasteiger charge is -2.30. The molecule has 1 rings (SSSR count). The number of hydrogen-bond donors (Lipinski definition) is 1. The van der Waals surface area contributed by atoms with E-state index in [9.17, 15) is 9.59 Å². The summed E-state index contributed by atoms with van der Waals surface area (Å²) in [6.07, 6.45) is 3.70. The van der Waals surface area contributed by atoms with Gasteiger partial charge in [0.25, 0.3) is 0 Å². The average Bonchev–Trinajstić information content (AvgIpc) is 2.18. The Morgan fingerprint density at radius 2 is 2.13 bits per heavy atom. The minimum absolute atomic E-state index is 0.0504. The average molecular weight is 233 g/mol. The number of carbonyl (C=O) groups is 2. The first-order valence-corrected chi connectivity index (χ1v) is 5.73. The quantitative estimate of drug-likeness (QED) is 0.706. The summed E-state index contributed by atoms with van der Waals surface area (Å²) in [7, 11) is 1.77. The summed E-state index contributed by atoms with van der Waals surface area (Å²) in [4.78, 5) is 24.0. The molecule has 0 bridgehead atoms. The number of alkyl halides is 1. The highest BCUT2D eigenvalue weighted by Crippen LogP contribution is 2.26. The summed E-state index contributed by atoms with van der Waals surface area (Å²) in [6.45, 7) is 0.852. The second kappa shape index (κ2) is 5.95. The smallest absolute Gasteiger partial charge is 0.241 e. The van der Waals surface area contributed by atoms with Crippen molar-refractivity contribution in [3.8, 4) is 0 Å². The van der Waals surface area contributed by atoms with Gasteiger partial charge in [-0.1, -0.05) is 6.42 Å². The number of likely N-dealkylation sites (N-methyl/N-ethyl adjacent to an activating group) is 1. The van der Waals surface area contributed by atoms with Crippen molar-refractivity contribution in [2.45, 2.75) is 19.3 Å². The molecule has 0 radical (unpaired) electrons. The minimum Gasteiger partial charge on any atom is -0.346 e. The van der Waals surface area contributed by atoms with Gasteiger partial charge in [0.1, 0.15) is 5.88 Å². The van der Waals surface area contributed by atoms with Gasteiger partial charge in [0.05, 0.1) is 6.54 Å². The molecule has 0 aromatic heterocycles. The molecule has 86 valence electrons. The molecule has 0 heterocycles. The lowest BCUT2D eigenvalue weighted by Crippen LogP contribution is -2.41. The van der Waals surface area contributed by atoms with E-state index in [1.165, 1.54) is 19.3 Å². The van der Waals surface area contributed by atoms with Crippen molar-refractivity contribution in [2.24, 2.45) is 5.92 Å². The van der Waals surface area contributed by atoms with Gasteiger partial charge in [-0.05, 0) is 18.8 Å². The second-order valence-electron chi connectivity index (χ2n) is 3.98. The zero-order chi connectivity index (χ0) is 11.3. The van der Waals surface area contributed by atoms with Crippen LogP contribution < -0.4 is 5.32 Å². The number of nitrogens with zero attached hydrogens (tertiary/aromatic N) is 1. The highest BCUT2D eigenvalue weighted by molar-refractivity contribution is 6.27. The maximum absolute atomic E-state index is 11.5. The molecule has 0 aromatic carbocycles. The molecule has 0 atom stereocenters. The molecule has 0 aliphatic heterocycles. The first-order chi connectivity index (χ1) is 7.13. The van der Waals surface area contributed by atoms with Crippen molar-refractivity contribution in [1.82, 2.24) is 10.2 Å². The Labute approximate surface area is 95.0 Å². The molecule has 0 saturated heterocycles. The number of amides is 2. The van der Waals surface area contributed by atoms with Crippen LogP contribution in [0.3, 0.4) is 0 Å². The monoisotopic (exact) mass is 232 g/mol. The van der Waals surface area contributed by atoms with E-state index in [1.807, 2.05) is 0 Å². The fourth-order valence-corrected chi connectivity index (χ4v) is 1.62. The largest absolute Gasteiger partial charge is 0.346 e. The highest BCUT2D eigenvalue weighted by atomic mass is 35.5. The van der Waals surface area contributed by atoms with E-state index in [4.69, 9.17) is 11.6 Å². The minimum atomic E-state index is -0.304. The Morgan fingerprint density at radius 1 is 1.47 bits per heavy atom. The van der Waals surface area contributed by atoms with Gasteiger partial charge in [0, 0.05) is 13.6 Å². The lowest BCUT2D eigenvalue weighted by molar-refractivity contribution is -0.132. The molecule has 15 heavy (non-hydrogen) atoms. The molecule has 0 unspecified atom stereocenters. The first-order valence-electron chi connectivity index (χ1n) is 5.20. The van der Waals surface area contributed by atoms with Crippen LogP contribution in [0.1, 0.15) is 19.3 Å². The zero-order valence-electron chi connectivity index (χ0n) is 8.96. The molecule has 1 aliphatic carbocycles. The van der Waals surface area contributed by atoms with Crippen LogP contribution in [-0.2, 0) is 9.59 Å². The molecule has 2 amide bonds. The molecule has 1 fully saturated rings. The Bertz CT molecular complexity index is 242. The summed E-state index contributed by atoms with van der Waals surface area (Å²) >= 11 is 5.29. The predicted molar refractivity (Wildman–Crippen MR) is 58.7 cm³/mol. The van der Waals surface area contributed by atoms with Crippen LogP contribution in [-0.4, -0.2) is 42.7 Å². The number of hydrogen-bond acceptors (Lipinski definition) is 2. The summed E-state index contributed by atoms with van der Waals surface area (Å²) in [5.74, 6) is 0.199. The fraction of sp³-hybridized carbons (Fsp3) is 0.800. The second-order valence-corrected chi connectivity index (χ2v) is 4.25. The maximum Gasteiger partial charge on any atom is 0.241 e. The maximum atomic E-state index is 11.5. The normalized spacial score (nSPS) is 15.6. The van der Waals surface area contributed by atoms with E-state index in [2.05, 4.69) is 5.32 Å². The molecule has 0 aromatic rings. The van der Waals surface area contributed by atoms with Crippen molar-refractivity contribution in [3.63, 3.8) is 0 Å². The lowest BCUT2D eigenvalue weighted by atomic mass is 9.85. The highest BCUT2D eigenvalue weighted by Gasteiger charge is 2.21. The molecule has 1 N–H and O–H groups in total. The van der Waals surface area contributed by atoms with Crippen LogP contribution >= 0.6 is 11.6 Å². The Balaban J connectivity index is 2.17. The topological polar surface area (TPSA) is 49.4 Å². The fourth-order valence-electron chi connectivity index (χ4n) is 1.52. The van der Waals surface area contributed by atoms with Crippen molar-refractivity contribution >= 4 is 23.4 Å². The molecule has 1 aliphatic rings.